The maximum Gasteiger partial charge on any atom is 0.0699 e. The highest BCUT2D eigenvalue weighted by Crippen LogP contribution is 2.23. The summed E-state index contributed by atoms with van der Waals surface area (Å²) in [7, 11) is 0. The van der Waals surface area contributed by atoms with E-state index >= 15 is 0 Å². The zero-order valence-electron chi connectivity index (χ0n) is 9.84. The predicted octanol–water partition coefficient (Wildman–Crippen LogP) is 1.93. The van der Waals surface area contributed by atoms with Gasteiger partial charge in [0.2, 0.25) is 0 Å². The Labute approximate surface area is 103 Å². The Kier molecular flexibility index (Phi) is 4.89. The summed E-state index contributed by atoms with van der Waals surface area (Å²) in [5.74, 6) is 0.670. The molecule has 0 amide bonds. The minimum Gasteiger partial charge on any atom is -0.381 e. The van der Waals surface area contributed by atoms with Gasteiger partial charge in [-0.05, 0) is 32.1 Å². The van der Waals surface area contributed by atoms with Crippen molar-refractivity contribution in [2.45, 2.75) is 43.7 Å². The Morgan fingerprint density at radius 3 is 2.62 bits per heavy atom. The molecule has 4 heteroatoms. The maximum atomic E-state index is 6.10. The molecule has 1 unspecified atom stereocenters. The molecule has 2 rings (SSSR count). The molecular weight excluding hydrogens is 226 g/mol. The van der Waals surface area contributed by atoms with Crippen molar-refractivity contribution in [2.75, 3.05) is 32.2 Å². The lowest BCUT2D eigenvalue weighted by Gasteiger charge is -2.38. The molecular formula is C12H22ClNO2. The Balaban J connectivity index is 1.77. The number of rotatable bonds is 4. The first-order chi connectivity index (χ1) is 7.85. The van der Waals surface area contributed by atoms with E-state index in [1.54, 1.807) is 0 Å². The summed E-state index contributed by atoms with van der Waals surface area (Å²) in [6.45, 7) is 3.51. The van der Waals surface area contributed by atoms with Crippen LogP contribution < -0.4 is 5.32 Å². The first kappa shape index (κ1) is 12.6. The number of nitrogens with one attached hydrogen (secondary N) is 1. The van der Waals surface area contributed by atoms with Gasteiger partial charge in [-0.25, -0.2) is 0 Å². The minimum atomic E-state index is 0.0839. The Hall–Kier alpha value is 0.170. The van der Waals surface area contributed by atoms with E-state index in [1.165, 1.54) is 19.3 Å². The fourth-order valence-electron chi connectivity index (χ4n) is 2.42. The summed E-state index contributed by atoms with van der Waals surface area (Å²) in [4.78, 5) is 0. The molecule has 2 aliphatic heterocycles. The molecule has 0 aromatic carbocycles. The van der Waals surface area contributed by atoms with E-state index in [9.17, 15) is 0 Å². The van der Waals surface area contributed by atoms with E-state index in [0.29, 0.717) is 12.0 Å². The van der Waals surface area contributed by atoms with Gasteiger partial charge in [-0.15, -0.1) is 11.6 Å². The van der Waals surface area contributed by atoms with Gasteiger partial charge in [0.1, 0.15) is 0 Å². The SMILES string of the molecule is ClCC1(NCC2CCCCO2)CCOCC1. The van der Waals surface area contributed by atoms with Crippen molar-refractivity contribution >= 4 is 11.6 Å². The van der Waals surface area contributed by atoms with Gasteiger partial charge in [-0.1, -0.05) is 0 Å². The normalized spacial score (nSPS) is 30.2. The number of hydrogen-bond acceptors (Lipinski definition) is 3. The molecule has 0 bridgehead atoms. The van der Waals surface area contributed by atoms with Crippen molar-refractivity contribution in [2.24, 2.45) is 0 Å². The second kappa shape index (κ2) is 6.20. The molecule has 2 saturated heterocycles. The lowest BCUT2D eigenvalue weighted by atomic mass is 9.92. The smallest absolute Gasteiger partial charge is 0.0699 e. The lowest BCUT2D eigenvalue weighted by molar-refractivity contribution is 0.000885. The van der Waals surface area contributed by atoms with Gasteiger partial charge in [0.25, 0.3) is 0 Å². The Morgan fingerprint density at radius 1 is 1.19 bits per heavy atom. The van der Waals surface area contributed by atoms with E-state index in [-0.39, 0.29) is 5.54 Å². The maximum absolute atomic E-state index is 6.10. The van der Waals surface area contributed by atoms with E-state index in [4.69, 9.17) is 21.1 Å². The lowest BCUT2D eigenvalue weighted by Crippen LogP contribution is -2.53. The molecule has 94 valence electrons. The highest BCUT2D eigenvalue weighted by molar-refractivity contribution is 6.18. The van der Waals surface area contributed by atoms with Gasteiger partial charge in [-0.3, -0.25) is 0 Å². The second-order valence-electron chi connectivity index (χ2n) is 4.90. The van der Waals surface area contributed by atoms with Gasteiger partial charge in [-0.2, -0.15) is 0 Å². The largest absolute Gasteiger partial charge is 0.381 e. The molecule has 2 heterocycles. The van der Waals surface area contributed by atoms with Crippen LogP contribution in [-0.4, -0.2) is 43.9 Å². The summed E-state index contributed by atoms with van der Waals surface area (Å²) in [5.41, 5.74) is 0.0839. The topological polar surface area (TPSA) is 30.5 Å². The average Bonchev–Trinajstić information content (AvgIpc) is 2.39. The van der Waals surface area contributed by atoms with Crippen molar-refractivity contribution < 1.29 is 9.47 Å². The molecule has 0 saturated carbocycles. The molecule has 2 aliphatic rings. The molecule has 3 nitrogen and oxygen atoms in total. The van der Waals surface area contributed by atoms with Crippen LogP contribution in [0.1, 0.15) is 32.1 Å². The van der Waals surface area contributed by atoms with Crippen LogP contribution in [0.3, 0.4) is 0 Å². The Bertz CT molecular complexity index is 201. The van der Waals surface area contributed by atoms with E-state index in [1.807, 2.05) is 0 Å². The van der Waals surface area contributed by atoms with E-state index in [2.05, 4.69) is 5.32 Å². The zero-order chi connectivity index (χ0) is 11.3. The fraction of sp³-hybridized carbons (Fsp3) is 1.00. The van der Waals surface area contributed by atoms with Crippen LogP contribution in [-0.2, 0) is 9.47 Å². The summed E-state index contributed by atoms with van der Waals surface area (Å²) < 4.78 is 11.1. The van der Waals surface area contributed by atoms with Crippen molar-refractivity contribution in [3.8, 4) is 0 Å². The number of alkyl halides is 1. The third-order valence-electron chi connectivity index (χ3n) is 3.68. The third-order valence-corrected chi connectivity index (χ3v) is 4.20. The molecule has 16 heavy (non-hydrogen) atoms. The molecule has 0 aromatic heterocycles. The van der Waals surface area contributed by atoms with Crippen LogP contribution in [0.5, 0.6) is 0 Å². The van der Waals surface area contributed by atoms with Crippen molar-refractivity contribution in [1.29, 1.82) is 0 Å². The number of hydrogen-bond donors (Lipinski definition) is 1. The summed E-state index contributed by atoms with van der Waals surface area (Å²) in [6, 6.07) is 0. The van der Waals surface area contributed by atoms with Crippen LogP contribution in [0.15, 0.2) is 0 Å². The van der Waals surface area contributed by atoms with Crippen LogP contribution in [0.4, 0.5) is 0 Å². The van der Waals surface area contributed by atoms with Crippen LogP contribution >= 0.6 is 11.6 Å². The monoisotopic (exact) mass is 247 g/mol. The average molecular weight is 248 g/mol. The first-order valence-electron chi connectivity index (χ1n) is 6.35. The van der Waals surface area contributed by atoms with Crippen molar-refractivity contribution in [1.82, 2.24) is 5.32 Å². The first-order valence-corrected chi connectivity index (χ1v) is 6.88. The molecule has 0 aliphatic carbocycles. The van der Waals surface area contributed by atoms with Crippen LogP contribution in [0.2, 0.25) is 0 Å². The molecule has 0 spiro atoms. The van der Waals surface area contributed by atoms with Crippen LogP contribution in [0.25, 0.3) is 0 Å². The standard InChI is InChI=1S/C12H22ClNO2/c13-10-12(4-7-15-8-5-12)14-9-11-3-1-2-6-16-11/h11,14H,1-10H2. The molecule has 0 radical (unpaired) electrons. The van der Waals surface area contributed by atoms with Crippen molar-refractivity contribution in [3.63, 3.8) is 0 Å². The predicted molar refractivity (Wildman–Crippen MR) is 65.1 cm³/mol. The summed E-state index contributed by atoms with van der Waals surface area (Å²) >= 11 is 6.10. The second-order valence-corrected chi connectivity index (χ2v) is 5.16. The summed E-state index contributed by atoms with van der Waals surface area (Å²) in [6.07, 6.45) is 6.11. The van der Waals surface area contributed by atoms with E-state index in [0.717, 1.165) is 39.2 Å². The van der Waals surface area contributed by atoms with Gasteiger partial charge in [0.05, 0.1) is 6.10 Å². The highest BCUT2D eigenvalue weighted by Gasteiger charge is 2.32. The molecule has 0 aromatic rings. The van der Waals surface area contributed by atoms with Gasteiger partial charge >= 0.3 is 0 Å². The fourth-order valence-corrected chi connectivity index (χ4v) is 2.78. The number of halogens is 1. The molecule has 1 atom stereocenters. The summed E-state index contributed by atoms with van der Waals surface area (Å²) in [5, 5.41) is 3.62. The highest BCUT2D eigenvalue weighted by atomic mass is 35.5. The third kappa shape index (κ3) is 3.33. The van der Waals surface area contributed by atoms with Crippen LogP contribution in [0, 0.1) is 0 Å². The minimum absolute atomic E-state index is 0.0839. The number of ether oxygens (including phenoxy) is 2. The van der Waals surface area contributed by atoms with Gasteiger partial charge in [0.15, 0.2) is 0 Å². The van der Waals surface area contributed by atoms with E-state index < -0.39 is 0 Å². The van der Waals surface area contributed by atoms with Crippen molar-refractivity contribution in [3.05, 3.63) is 0 Å². The van der Waals surface area contributed by atoms with Gasteiger partial charge in [0, 0.05) is 37.8 Å². The Morgan fingerprint density at radius 2 is 2.00 bits per heavy atom. The van der Waals surface area contributed by atoms with Gasteiger partial charge < -0.3 is 14.8 Å². The quantitative estimate of drug-likeness (QED) is 0.771. The zero-order valence-corrected chi connectivity index (χ0v) is 10.6. The molecule has 1 N–H and O–H groups in total. The molecule has 2 fully saturated rings.